The number of hydrogen-bond donors (Lipinski definition) is 1. The first-order valence-corrected chi connectivity index (χ1v) is 3.43. The summed E-state index contributed by atoms with van der Waals surface area (Å²) in [4.78, 5) is 0. The van der Waals surface area contributed by atoms with E-state index in [4.69, 9.17) is 9.47 Å². The lowest BCUT2D eigenvalue weighted by Gasteiger charge is -2.23. The second-order valence-electron chi connectivity index (χ2n) is 2.30. The molecule has 0 bridgehead atoms. The number of aliphatic hydroxyl groups excluding tert-OH is 1. The van der Waals surface area contributed by atoms with Crippen LogP contribution in [0, 0.1) is 0 Å². The van der Waals surface area contributed by atoms with Crippen molar-refractivity contribution in [2.45, 2.75) is 12.2 Å². The first-order chi connectivity index (χ1) is 5.29. The topological polar surface area (TPSA) is 38.7 Å². The summed E-state index contributed by atoms with van der Waals surface area (Å²) in [5.41, 5.74) is 0. The molecular weight excluding hydrogens is 144 g/mol. The molecule has 0 saturated heterocycles. The number of aliphatic hydroxyl groups is 1. The average Bonchev–Trinajstić information content (AvgIpc) is 2.04. The largest absolute Gasteiger partial charge is 0.498 e. The Balaban J connectivity index is 2.73. The standard InChI is InChI=1S/C8H12O3/c1-10-7-5-3-4-6(9)8(7)11-2/h3-6,8-9H,1-2H3. The molecule has 0 aromatic heterocycles. The molecule has 3 heteroatoms. The van der Waals surface area contributed by atoms with Gasteiger partial charge in [0.05, 0.1) is 7.11 Å². The molecule has 0 heterocycles. The van der Waals surface area contributed by atoms with Gasteiger partial charge in [-0.2, -0.15) is 0 Å². The zero-order valence-corrected chi connectivity index (χ0v) is 6.65. The highest BCUT2D eigenvalue weighted by molar-refractivity contribution is 5.21. The number of ether oxygens (including phenoxy) is 2. The summed E-state index contributed by atoms with van der Waals surface area (Å²) < 4.78 is 10.0. The summed E-state index contributed by atoms with van der Waals surface area (Å²) >= 11 is 0. The summed E-state index contributed by atoms with van der Waals surface area (Å²) in [6.07, 6.45) is 4.24. The van der Waals surface area contributed by atoms with Crippen LogP contribution >= 0.6 is 0 Å². The van der Waals surface area contributed by atoms with E-state index in [1.54, 1.807) is 32.4 Å². The average molecular weight is 156 g/mol. The first kappa shape index (κ1) is 8.30. The molecule has 0 spiro atoms. The molecule has 0 radical (unpaired) electrons. The maximum atomic E-state index is 9.34. The van der Waals surface area contributed by atoms with E-state index < -0.39 is 6.10 Å². The van der Waals surface area contributed by atoms with Crippen molar-refractivity contribution in [2.24, 2.45) is 0 Å². The Morgan fingerprint density at radius 1 is 1.45 bits per heavy atom. The van der Waals surface area contributed by atoms with Crippen molar-refractivity contribution in [3.05, 3.63) is 24.0 Å². The summed E-state index contributed by atoms with van der Waals surface area (Å²) in [6.45, 7) is 0. The molecule has 1 aliphatic carbocycles. The fourth-order valence-electron chi connectivity index (χ4n) is 1.07. The molecule has 2 unspecified atom stereocenters. The van der Waals surface area contributed by atoms with Gasteiger partial charge in [0.2, 0.25) is 0 Å². The smallest absolute Gasteiger partial charge is 0.143 e. The zero-order valence-electron chi connectivity index (χ0n) is 6.65. The molecule has 0 aromatic rings. The lowest BCUT2D eigenvalue weighted by atomic mass is 10.1. The summed E-state index contributed by atoms with van der Waals surface area (Å²) in [6, 6.07) is 0. The maximum Gasteiger partial charge on any atom is 0.143 e. The molecule has 0 fully saturated rings. The van der Waals surface area contributed by atoms with Crippen LogP contribution in [0.3, 0.4) is 0 Å². The molecule has 3 nitrogen and oxygen atoms in total. The molecule has 11 heavy (non-hydrogen) atoms. The minimum atomic E-state index is -0.597. The molecule has 1 rings (SSSR count). The Bertz CT molecular complexity index is 184. The van der Waals surface area contributed by atoms with Crippen LogP contribution in [-0.2, 0) is 9.47 Å². The molecule has 2 atom stereocenters. The fraction of sp³-hybridized carbons (Fsp3) is 0.500. The minimum absolute atomic E-state index is 0.356. The third-order valence-corrected chi connectivity index (χ3v) is 1.65. The van der Waals surface area contributed by atoms with E-state index in [-0.39, 0.29) is 6.10 Å². The van der Waals surface area contributed by atoms with Crippen molar-refractivity contribution in [2.75, 3.05) is 14.2 Å². The van der Waals surface area contributed by atoms with E-state index in [1.807, 2.05) is 0 Å². The Morgan fingerprint density at radius 2 is 2.18 bits per heavy atom. The SMILES string of the molecule is COC1=CC=CC(O)C1OC. The lowest BCUT2D eigenvalue weighted by Crippen LogP contribution is -2.30. The highest BCUT2D eigenvalue weighted by atomic mass is 16.5. The minimum Gasteiger partial charge on any atom is -0.498 e. The van der Waals surface area contributed by atoms with Crippen molar-refractivity contribution in [1.29, 1.82) is 0 Å². The normalized spacial score (nSPS) is 29.9. The van der Waals surface area contributed by atoms with Crippen LogP contribution in [-0.4, -0.2) is 31.5 Å². The van der Waals surface area contributed by atoms with Crippen LogP contribution in [0.2, 0.25) is 0 Å². The molecule has 0 aromatic carbocycles. The van der Waals surface area contributed by atoms with E-state index >= 15 is 0 Å². The van der Waals surface area contributed by atoms with Gasteiger partial charge in [-0.15, -0.1) is 0 Å². The van der Waals surface area contributed by atoms with Crippen molar-refractivity contribution in [1.82, 2.24) is 0 Å². The van der Waals surface area contributed by atoms with Crippen LogP contribution in [0.4, 0.5) is 0 Å². The highest BCUT2D eigenvalue weighted by Gasteiger charge is 2.23. The summed E-state index contributed by atoms with van der Waals surface area (Å²) in [7, 11) is 3.10. The zero-order chi connectivity index (χ0) is 8.27. The first-order valence-electron chi connectivity index (χ1n) is 3.43. The Hall–Kier alpha value is -0.800. The van der Waals surface area contributed by atoms with E-state index in [0.29, 0.717) is 5.76 Å². The summed E-state index contributed by atoms with van der Waals surface area (Å²) in [5, 5.41) is 9.34. The molecule has 62 valence electrons. The fourth-order valence-corrected chi connectivity index (χ4v) is 1.07. The van der Waals surface area contributed by atoms with Crippen LogP contribution in [0.5, 0.6) is 0 Å². The van der Waals surface area contributed by atoms with Gasteiger partial charge in [0.1, 0.15) is 18.0 Å². The van der Waals surface area contributed by atoms with Gasteiger partial charge in [-0.05, 0) is 6.08 Å². The molecule has 0 aliphatic heterocycles. The van der Waals surface area contributed by atoms with Gasteiger partial charge >= 0.3 is 0 Å². The lowest BCUT2D eigenvalue weighted by molar-refractivity contribution is 0.00207. The van der Waals surface area contributed by atoms with Gasteiger partial charge in [-0.1, -0.05) is 12.2 Å². The number of hydrogen-bond acceptors (Lipinski definition) is 3. The second kappa shape index (κ2) is 3.55. The van der Waals surface area contributed by atoms with Crippen molar-refractivity contribution >= 4 is 0 Å². The third kappa shape index (κ3) is 1.61. The van der Waals surface area contributed by atoms with Crippen LogP contribution < -0.4 is 0 Å². The monoisotopic (exact) mass is 156 g/mol. The van der Waals surface area contributed by atoms with Gasteiger partial charge in [-0.25, -0.2) is 0 Å². The predicted octanol–water partition coefficient (Wildman–Crippen LogP) is 0.462. The van der Waals surface area contributed by atoms with E-state index in [2.05, 4.69) is 0 Å². The number of rotatable bonds is 2. The van der Waals surface area contributed by atoms with Crippen LogP contribution in [0.25, 0.3) is 0 Å². The van der Waals surface area contributed by atoms with Gasteiger partial charge in [0.15, 0.2) is 0 Å². The van der Waals surface area contributed by atoms with Gasteiger partial charge in [0, 0.05) is 7.11 Å². The molecular formula is C8H12O3. The van der Waals surface area contributed by atoms with Crippen molar-refractivity contribution in [3.63, 3.8) is 0 Å². The van der Waals surface area contributed by atoms with E-state index in [0.717, 1.165) is 0 Å². The quantitative estimate of drug-likeness (QED) is 0.631. The second-order valence-corrected chi connectivity index (χ2v) is 2.30. The number of methoxy groups -OCH3 is 2. The molecule has 0 amide bonds. The molecule has 1 aliphatic rings. The Kier molecular flexibility index (Phi) is 2.68. The van der Waals surface area contributed by atoms with Crippen LogP contribution in [0.1, 0.15) is 0 Å². The van der Waals surface area contributed by atoms with Gasteiger partial charge < -0.3 is 14.6 Å². The third-order valence-electron chi connectivity index (χ3n) is 1.65. The van der Waals surface area contributed by atoms with Crippen LogP contribution in [0.15, 0.2) is 24.0 Å². The Morgan fingerprint density at radius 3 is 2.64 bits per heavy atom. The van der Waals surface area contributed by atoms with Crippen molar-refractivity contribution < 1.29 is 14.6 Å². The highest BCUT2D eigenvalue weighted by Crippen LogP contribution is 2.16. The molecule has 0 saturated carbocycles. The Labute approximate surface area is 65.9 Å². The van der Waals surface area contributed by atoms with E-state index in [9.17, 15) is 5.11 Å². The van der Waals surface area contributed by atoms with E-state index in [1.165, 1.54) is 0 Å². The molecule has 1 N–H and O–H groups in total. The maximum absolute atomic E-state index is 9.34. The summed E-state index contributed by atoms with van der Waals surface area (Å²) in [5.74, 6) is 0.655. The van der Waals surface area contributed by atoms with Gasteiger partial charge in [-0.3, -0.25) is 0 Å². The van der Waals surface area contributed by atoms with Crippen molar-refractivity contribution in [3.8, 4) is 0 Å². The number of allylic oxidation sites excluding steroid dienone is 2. The van der Waals surface area contributed by atoms with Gasteiger partial charge in [0.25, 0.3) is 0 Å². The predicted molar refractivity (Wildman–Crippen MR) is 41.0 cm³/mol.